The van der Waals surface area contributed by atoms with Crippen LogP contribution in [0.2, 0.25) is 0 Å². The number of hydrogen-bond acceptors (Lipinski definition) is 3. The van der Waals surface area contributed by atoms with Crippen molar-refractivity contribution in [2.24, 2.45) is 0 Å². The summed E-state index contributed by atoms with van der Waals surface area (Å²) in [6.07, 6.45) is 9.09. The van der Waals surface area contributed by atoms with Gasteiger partial charge in [-0.2, -0.15) is 0 Å². The van der Waals surface area contributed by atoms with Crippen molar-refractivity contribution in [2.45, 2.75) is 58.3 Å². The molecule has 29 heavy (non-hydrogen) atoms. The van der Waals surface area contributed by atoms with Gasteiger partial charge >= 0.3 is 0 Å². The molecule has 0 saturated carbocycles. The maximum Gasteiger partial charge on any atom is 0.226 e. The van der Waals surface area contributed by atoms with E-state index in [0.717, 1.165) is 24.1 Å². The van der Waals surface area contributed by atoms with Crippen LogP contribution in [-0.2, 0) is 4.79 Å². The molecule has 0 aliphatic carbocycles. The van der Waals surface area contributed by atoms with E-state index in [0.29, 0.717) is 11.6 Å². The van der Waals surface area contributed by atoms with Crippen LogP contribution in [0.4, 0.5) is 5.13 Å². The summed E-state index contributed by atoms with van der Waals surface area (Å²) in [5.41, 5.74) is 4.36. The summed E-state index contributed by atoms with van der Waals surface area (Å²) in [5, 5.41) is 5.63. The minimum Gasteiger partial charge on any atom is -0.302 e. The molecule has 0 atom stereocenters. The van der Waals surface area contributed by atoms with E-state index >= 15 is 0 Å². The molecule has 3 rings (SSSR count). The van der Waals surface area contributed by atoms with Crippen molar-refractivity contribution in [3.63, 3.8) is 0 Å². The van der Waals surface area contributed by atoms with Crippen molar-refractivity contribution in [3.8, 4) is 22.4 Å². The third-order valence-corrected chi connectivity index (χ3v) is 5.80. The SMILES string of the molecule is CCCCCCCCCC(=O)Nc1nc(-c2ccc(-c3ccccc3)cc2)cs1. The van der Waals surface area contributed by atoms with E-state index < -0.39 is 0 Å². The Hall–Kier alpha value is -2.46. The highest BCUT2D eigenvalue weighted by Gasteiger charge is 2.08. The summed E-state index contributed by atoms with van der Waals surface area (Å²) < 4.78 is 0. The molecule has 3 nitrogen and oxygen atoms in total. The van der Waals surface area contributed by atoms with Gasteiger partial charge in [0.15, 0.2) is 5.13 Å². The number of anilines is 1. The second-order valence-electron chi connectivity index (χ2n) is 7.40. The van der Waals surface area contributed by atoms with Crippen LogP contribution in [-0.4, -0.2) is 10.9 Å². The zero-order valence-electron chi connectivity index (χ0n) is 17.2. The Kier molecular flexibility index (Phi) is 8.44. The van der Waals surface area contributed by atoms with Gasteiger partial charge in [0.1, 0.15) is 0 Å². The van der Waals surface area contributed by atoms with Crippen LogP contribution in [0, 0.1) is 0 Å². The first-order valence-corrected chi connectivity index (χ1v) is 11.6. The molecule has 4 heteroatoms. The molecular formula is C25H30N2OS. The van der Waals surface area contributed by atoms with Crippen molar-refractivity contribution in [1.29, 1.82) is 0 Å². The minimum atomic E-state index is 0.0684. The molecule has 1 heterocycles. The second kappa shape index (κ2) is 11.5. The van der Waals surface area contributed by atoms with E-state index in [1.165, 1.54) is 54.6 Å². The molecule has 1 aromatic heterocycles. The average molecular weight is 407 g/mol. The monoisotopic (exact) mass is 406 g/mol. The van der Waals surface area contributed by atoms with Crippen LogP contribution >= 0.6 is 11.3 Å². The van der Waals surface area contributed by atoms with Crippen molar-refractivity contribution in [3.05, 3.63) is 60.0 Å². The Morgan fingerprint density at radius 3 is 2.17 bits per heavy atom. The zero-order valence-corrected chi connectivity index (χ0v) is 18.0. The normalized spacial score (nSPS) is 10.8. The fraction of sp³-hybridized carbons (Fsp3) is 0.360. The van der Waals surface area contributed by atoms with Gasteiger partial charge in [0.2, 0.25) is 5.91 Å². The van der Waals surface area contributed by atoms with Gasteiger partial charge in [0.05, 0.1) is 5.69 Å². The van der Waals surface area contributed by atoms with Crippen LogP contribution in [0.5, 0.6) is 0 Å². The molecule has 0 bridgehead atoms. The molecule has 2 aromatic carbocycles. The second-order valence-corrected chi connectivity index (χ2v) is 8.26. The molecule has 0 radical (unpaired) electrons. The van der Waals surface area contributed by atoms with Crippen LogP contribution < -0.4 is 5.32 Å². The molecule has 0 aliphatic rings. The summed E-state index contributed by atoms with van der Waals surface area (Å²) in [4.78, 5) is 16.7. The highest BCUT2D eigenvalue weighted by atomic mass is 32.1. The molecule has 1 amide bonds. The van der Waals surface area contributed by atoms with E-state index in [-0.39, 0.29) is 5.91 Å². The van der Waals surface area contributed by atoms with E-state index in [4.69, 9.17) is 0 Å². The number of thiazole rings is 1. The van der Waals surface area contributed by atoms with Crippen molar-refractivity contribution < 1.29 is 4.79 Å². The Morgan fingerprint density at radius 1 is 0.828 bits per heavy atom. The zero-order chi connectivity index (χ0) is 20.3. The van der Waals surface area contributed by atoms with Gasteiger partial charge in [0, 0.05) is 17.4 Å². The lowest BCUT2D eigenvalue weighted by Gasteiger charge is -2.03. The van der Waals surface area contributed by atoms with Crippen molar-refractivity contribution in [2.75, 3.05) is 5.32 Å². The molecule has 0 fully saturated rings. The van der Waals surface area contributed by atoms with Crippen LogP contribution in [0.15, 0.2) is 60.0 Å². The smallest absolute Gasteiger partial charge is 0.226 e. The maximum atomic E-state index is 12.2. The predicted molar refractivity (Wildman–Crippen MR) is 124 cm³/mol. The number of carbonyl (C=O) groups is 1. The first-order chi connectivity index (χ1) is 14.3. The summed E-state index contributed by atoms with van der Waals surface area (Å²) in [6.45, 7) is 2.23. The van der Waals surface area contributed by atoms with Crippen LogP contribution in [0.25, 0.3) is 22.4 Å². The molecule has 1 N–H and O–H groups in total. The van der Waals surface area contributed by atoms with Crippen molar-refractivity contribution in [1.82, 2.24) is 4.98 Å². The first kappa shape index (κ1) is 21.3. The highest BCUT2D eigenvalue weighted by Crippen LogP contribution is 2.27. The number of rotatable bonds is 11. The lowest BCUT2D eigenvalue weighted by atomic mass is 10.0. The van der Waals surface area contributed by atoms with Gasteiger partial charge in [-0.05, 0) is 17.5 Å². The molecule has 0 spiro atoms. The van der Waals surface area contributed by atoms with E-state index in [2.05, 4.69) is 53.6 Å². The van der Waals surface area contributed by atoms with Gasteiger partial charge < -0.3 is 5.32 Å². The molecule has 0 aliphatic heterocycles. The number of unbranched alkanes of at least 4 members (excludes halogenated alkanes) is 6. The summed E-state index contributed by atoms with van der Waals surface area (Å²) in [6, 6.07) is 18.7. The first-order valence-electron chi connectivity index (χ1n) is 10.7. The van der Waals surface area contributed by atoms with E-state index in [1.807, 2.05) is 23.6 Å². The number of benzene rings is 2. The lowest BCUT2D eigenvalue weighted by molar-refractivity contribution is -0.116. The van der Waals surface area contributed by atoms with Crippen molar-refractivity contribution >= 4 is 22.4 Å². The number of nitrogens with zero attached hydrogens (tertiary/aromatic N) is 1. The maximum absolute atomic E-state index is 12.2. The number of amides is 1. The van der Waals surface area contributed by atoms with Crippen LogP contribution in [0.1, 0.15) is 58.3 Å². The standard InChI is InChI=1S/C25H30N2OS/c1-2-3-4-5-6-7-11-14-24(28)27-25-26-23(19-29-25)22-17-15-21(16-18-22)20-12-9-8-10-13-20/h8-10,12-13,15-19H,2-7,11,14H2,1H3,(H,26,27,28). The largest absolute Gasteiger partial charge is 0.302 e. The van der Waals surface area contributed by atoms with Gasteiger partial charge in [-0.25, -0.2) is 4.98 Å². The Morgan fingerprint density at radius 2 is 1.45 bits per heavy atom. The molecule has 152 valence electrons. The molecular weight excluding hydrogens is 376 g/mol. The lowest BCUT2D eigenvalue weighted by Crippen LogP contribution is -2.10. The Balaban J connectivity index is 1.46. The Labute approximate surface area is 178 Å². The van der Waals surface area contributed by atoms with E-state index in [9.17, 15) is 4.79 Å². The topological polar surface area (TPSA) is 42.0 Å². The van der Waals surface area contributed by atoms with Gasteiger partial charge in [-0.15, -0.1) is 11.3 Å². The molecule has 3 aromatic rings. The number of hydrogen-bond donors (Lipinski definition) is 1. The summed E-state index contributed by atoms with van der Waals surface area (Å²) >= 11 is 1.48. The third-order valence-electron chi connectivity index (χ3n) is 5.05. The predicted octanol–water partition coefficient (Wildman–Crippen LogP) is 7.56. The number of nitrogens with one attached hydrogen (secondary N) is 1. The average Bonchev–Trinajstić information content (AvgIpc) is 3.22. The van der Waals surface area contributed by atoms with Gasteiger partial charge in [-0.1, -0.05) is 100 Å². The number of carbonyl (C=O) groups excluding carboxylic acids is 1. The number of aromatic nitrogens is 1. The fourth-order valence-electron chi connectivity index (χ4n) is 3.35. The highest BCUT2D eigenvalue weighted by molar-refractivity contribution is 7.14. The summed E-state index contributed by atoms with van der Waals surface area (Å²) in [7, 11) is 0. The van der Waals surface area contributed by atoms with E-state index in [1.54, 1.807) is 0 Å². The minimum absolute atomic E-state index is 0.0684. The molecule has 0 saturated heterocycles. The summed E-state index contributed by atoms with van der Waals surface area (Å²) in [5.74, 6) is 0.0684. The van der Waals surface area contributed by atoms with Gasteiger partial charge in [0.25, 0.3) is 0 Å². The van der Waals surface area contributed by atoms with Gasteiger partial charge in [-0.3, -0.25) is 4.79 Å². The van der Waals surface area contributed by atoms with Crippen LogP contribution in [0.3, 0.4) is 0 Å². The quantitative estimate of drug-likeness (QED) is 0.334. The Bertz CT molecular complexity index is 871. The fourth-order valence-corrected chi connectivity index (χ4v) is 4.09. The third kappa shape index (κ3) is 6.82. The molecule has 0 unspecified atom stereocenters.